The van der Waals surface area contributed by atoms with Crippen LogP contribution in [-0.4, -0.2) is 49.3 Å². The second-order valence-corrected chi connectivity index (χ2v) is 14.6. The summed E-state index contributed by atoms with van der Waals surface area (Å²) in [6.45, 7) is 3.68. The molecule has 0 spiro atoms. The minimum absolute atomic E-state index is 0.0510. The van der Waals surface area contributed by atoms with Crippen molar-refractivity contribution in [2.45, 2.75) is 187 Å². The van der Waals surface area contributed by atoms with Gasteiger partial charge in [-0.3, -0.25) is 18.6 Å². The molecule has 0 saturated heterocycles. The molecule has 0 saturated carbocycles. The van der Waals surface area contributed by atoms with Crippen molar-refractivity contribution in [3.05, 3.63) is 24.3 Å². The van der Waals surface area contributed by atoms with E-state index in [0.29, 0.717) is 12.8 Å². The summed E-state index contributed by atoms with van der Waals surface area (Å²) in [6.07, 6.45) is 36.3. The lowest BCUT2D eigenvalue weighted by molar-refractivity contribution is -0.161. The van der Waals surface area contributed by atoms with E-state index in [-0.39, 0.29) is 32.6 Å². The maximum Gasteiger partial charge on any atom is 0.472 e. The zero-order valence-corrected chi connectivity index (χ0v) is 32.3. The van der Waals surface area contributed by atoms with Gasteiger partial charge in [-0.05, 0) is 64.2 Å². The van der Waals surface area contributed by atoms with Crippen LogP contribution in [0.4, 0.5) is 0 Å². The number of ether oxygens (including phenoxy) is 2. The van der Waals surface area contributed by atoms with Gasteiger partial charge in [-0.1, -0.05) is 128 Å². The number of phosphoric ester groups is 1. The van der Waals surface area contributed by atoms with Crippen molar-refractivity contribution in [3.63, 3.8) is 0 Å². The van der Waals surface area contributed by atoms with Crippen molar-refractivity contribution < 1.29 is 37.6 Å². The maximum atomic E-state index is 12.5. The Morgan fingerprint density at radius 1 is 0.592 bits per heavy atom. The fourth-order valence-electron chi connectivity index (χ4n) is 5.33. The van der Waals surface area contributed by atoms with Crippen LogP contribution in [0.1, 0.15) is 181 Å². The van der Waals surface area contributed by atoms with Gasteiger partial charge < -0.3 is 20.1 Å². The lowest BCUT2D eigenvalue weighted by Crippen LogP contribution is -2.29. The number of carbonyl (C=O) groups excluding carboxylic acids is 2. The summed E-state index contributed by atoms with van der Waals surface area (Å²) in [5.41, 5.74) is 5.33. The molecule has 0 aromatic rings. The number of phosphoric acid groups is 1. The largest absolute Gasteiger partial charge is 0.472 e. The maximum absolute atomic E-state index is 12.5. The zero-order chi connectivity index (χ0) is 36.1. The first-order valence-electron chi connectivity index (χ1n) is 19.8. The topological polar surface area (TPSA) is 134 Å². The Balaban J connectivity index is 4.23. The highest BCUT2D eigenvalue weighted by molar-refractivity contribution is 7.47. The Labute approximate surface area is 300 Å². The molecular weight excluding hydrogens is 641 g/mol. The number of esters is 2. The van der Waals surface area contributed by atoms with Crippen LogP contribution in [0.15, 0.2) is 24.3 Å². The van der Waals surface area contributed by atoms with Crippen molar-refractivity contribution in [2.24, 2.45) is 5.73 Å². The molecule has 2 atom stereocenters. The number of nitrogens with two attached hydrogens (primary N) is 1. The van der Waals surface area contributed by atoms with E-state index < -0.39 is 32.5 Å². The fourth-order valence-corrected chi connectivity index (χ4v) is 6.09. The predicted molar refractivity (Wildman–Crippen MR) is 201 cm³/mol. The Hall–Kier alpha value is -1.51. The molecule has 0 bridgehead atoms. The lowest BCUT2D eigenvalue weighted by Gasteiger charge is -2.19. The van der Waals surface area contributed by atoms with Gasteiger partial charge in [0, 0.05) is 19.4 Å². The van der Waals surface area contributed by atoms with E-state index >= 15 is 0 Å². The first-order valence-corrected chi connectivity index (χ1v) is 21.3. The number of carbonyl (C=O) groups is 2. The molecule has 3 N–H and O–H groups in total. The Morgan fingerprint density at radius 3 is 1.49 bits per heavy atom. The first kappa shape index (κ1) is 47.5. The Bertz CT molecular complexity index is 866. The van der Waals surface area contributed by atoms with Crippen LogP contribution in [0.25, 0.3) is 0 Å². The van der Waals surface area contributed by atoms with Crippen molar-refractivity contribution in [1.29, 1.82) is 0 Å². The SMILES string of the molecule is CCCCCC/C=C/CCCCCCCC(=O)O[C@H](COC(=O)CCCCC/C=C/CCCCCCCCCC)COP(=O)(O)OCCN. The van der Waals surface area contributed by atoms with E-state index in [2.05, 4.69) is 38.2 Å². The lowest BCUT2D eigenvalue weighted by atomic mass is 10.1. The highest BCUT2D eigenvalue weighted by Crippen LogP contribution is 2.43. The molecule has 0 aromatic carbocycles. The molecule has 0 aliphatic carbocycles. The van der Waals surface area contributed by atoms with Crippen LogP contribution in [0.3, 0.4) is 0 Å². The van der Waals surface area contributed by atoms with E-state index in [4.69, 9.17) is 24.3 Å². The predicted octanol–water partition coefficient (Wildman–Crippen LogP) is 10.8. The molecule has 1 unspecified atom stereocenters. The van der Waals surface area contributed by atoms with Crippen LogP contribution in [0.2, 0.25) is 0 Å². The summed E-state index contributed by atoms with van der Waals surface area (Å²) < 4.78 is 32.6. The number of hydrogen-bond donors (Lipinski definition) is 2. The summed E-state index contributed by atoms with van der Waals surface area (Å²) in [6, 6.07) is 0. The summed E-state index contributed by atoms with van der Waals surface area (Å²) in [7, 11) is -4.37. The molecule has 0 rings (SSSR count). The number of hydrogen-bond acceptors (Lipinski definition) is 8. The molecule has 0 aromatic heterocycles. The Kier molecular flexibility index (Phi) is 35.2. The van der Waals surface area contributed by atoms with Gasteiger partial charge in [-0.15, -0.1) is 0 Å². The number of allylic oxidation sites excluding steroid dienone is 4. The zero-order valence-electron chi connectivity index (χ0n) is 31.4. The second kappa shape index (κ2) is 36.3. The van der Waals surface area contributed by atoms with E-state index in [1.165, 1.54) is 83.5 Å². The molecule has 10 heteroatoms. The third kappa shape index (κ3) is 36.1. The summed E-state index contributed by atoms with van der Waals surface area (Å²) in [5, 5.41) is 0. The molecule has 0 aliphatic heterocycles. The second-order valence-electron chi connectivity index (χ2n) is 13.1. The highest BCUT2D eigenvalue weighted by atomic mass is 31.2. The van der Waals surface area contributed by atoms with E-state index in [0.717, 1.165) is 57.8 Å². The summed E-state index contributed by atoms with van der Waals surface area (Å²) in [4.78, 5) is 34.7. The normalized spacial score (nSPS) is 13.6. The Morgan fingerprint density at radius 2 is 1.00 bits per heavy atom. The fraction of sp³-hybridized carbons (Fsp3) is 0.846. The van der Waals surface area contributed by atoms with Crippen molar-refractivity contribution >= 4 is 19.8 Å². The molecule has 0 heterocycles. The first-order chi connectivity index (χ1) is 23.8. The van der Waals surface area contributed by atoms with E-state index in [9.17, 15) is 19.0 Å². The summed E-state index contributed by atoms with van der Waals surface area (Å²) >= 11 is 0. The van der Waals surface area contributed by atoms with Gasteiger partial charge in [0.05, 0.1) is 13.2 Å². The van der Waals surface area contributed by atoms with Gasteiger partial charge in [-0.25, -0.2) is 4.57 Å². The van der Waals surface area contributed by atoms with Gasteiger partial charge >= 0.3 is 19.8 Å². The molecular formula is C39H74NO8P. The highest BCUT2D eigenvalue weighted by Gasteiger charge is 2.25. The van der Waals surface area contributed by atoms with E-state index in [1.807, 2.05) is 0 Å². The van der Waals surface area contributed by atoms with Gasteiger partial charge in [-0.2, -0.15) is 0 Å². The van der Waals surface area contributed by atoms with Crippen molar-refractivity contribution in [3.8, 4) is 0 Å². The molecule has 49 heavy (non-hydrogen) atoms. The summed E-state index contributed by atoms with van der Waals surface area (Å²) in [5.74, 6) is -0.856. The van der Waals surface area contributed by atoms with Crippen LogP contribution < -0.4 is 5.73 Å². The van der Waals surface area contributed by atoms with Gasteiger partial charge in [0.2, 0.25) is 0 Å². The average Bonchev–Trinajstić information content (AvgIpc) is 3.08. The van der Waals surface area contributed by atoms with E-state index in [1.54, 1.807) is 0 Å². The number of unbranched alkanes of at least 4 members (excludes halogenated alkanes) is 20. The minimum Gasteiger partial charge on any atom is -0.462 e. The van der Waals surface area contributed by atoms with Crippen LogP contribution in [-0.2, 0) is 32.7 Å². The molecule has 9 nitrogen and oxygen atoms in total. The van der Waals surface area contributed by atoms with Crippen LogP contribution in [0.5, 0.6) is 0 Å². The van der Waals surface area contributed by atoms with Gasteiger partial charge in [0.15, 0.2) is 6.10 Å². The average molecular weight is 716 g/mol. The third-order valence-electron chi connectivity index (χ3n) is 8.31. The van der Waals surface area contributed by atoms with Crippen LogP contribution >= 0.6 is 7.82 Å². The molecule has 0 amide bonds. The molecule has 0 fully saturated rings. The standard InChI is InChI=1S/C39H74NO8P/c1-3-5-7-9-11-13-15-17-18-20-21-23-25-27-29-31-38(41)45-35-37(36-47-49(43,44)46-34-33-40)48-39(42)32-30-28-26-24-22-19-16-14-12-10-8-6-4-2/h14,16,20-21,37H,3-13,15,17-19,22-36,40H2,1-2H3,(H,43,44)/b16-14+,21-20+/t37-/m1/s1. The molecule has 288 valence electrons. The van der Waals surface area contributed by atoms with Crippen molar-refractivity contribution in [1.82, 2.24) is 0 Å². The van der Waals surface area contributed by atoms with Gasteiger partial charge in [0.1, 0.15) is 6.61 Å². The smallest absolute Gasteiger partial charge is 0.462 e. The minimum atomic E-state index is -4.37. The molecule has 0 radical (unpaired) electrons. The quantitative estimate of drug-likeness (QED) is 0.0279. The van der Waals surface area contributed by atoms with Gasteiger partial charge in [0.25, 0.3) is 0 Å². The number of rotatable bonds is 37. The van der Waals surface area contributed by atoms with Crippen LogP contribution in [0, 0.1) is 0 Å². The monoisotopic (exact) mass is 716 g/mol. The van der Waals surface area contributed by atoms with Crippen molar-refractivity contribution in [2.75, 3.05) is 26.4 Å². The third-order valence-corrected chi connectivity index (χ3v) is 9.29. The molecule has 0 aliphatic rings.